The van der Waals surface area contributed by atoms with Crippen LogP contribution in [0.3, 0.4) is 0 Å². The number of nitrogens with one attached hydrogen (secondary N) is 2. The molecule has 1 aromatic rings. The van der Waals surface area contributed by atoms with Crippen LogP contribution in [-0.2, 0) is 11.2 Å². The molecule has 2 unspecified atom stereocenters. The van der Waals surface area contributed by atoms with Gasteiger partial charge in [0.2, 0.25) is 0 Å². The third kappa shape index (κ3) is 4.39. The molecule has 0 aliphatic carbocycles. The first-order chi connectivity index (χ1) is 11.5. The Morgan fingerprint density at radius 1 is 1.50 bits per heavy atom. The number of nitrogens with zero attached hydrogens (tertiary/aromatic N) is 2. The predicted octanol–water partition coefficient (Wildman–Crippen LogP) is 1.90. The Balaban J connectivity index is 2.04. The average molecular weight is 359 g/mol. The SMILES string of the molecule is CCCOC1CN(C(=O)O)CCC1NC(=O)c1nc(Cl)c(CC)[nH]1. The van der Waals surface area contributed by atoms with Crippen LogP contribution in [0, 0.1) is 0 Å². The fraction of sp³-hybridized carbons (Fsp3) is 0.667. The van der Waals surface area contributed by atoms with Crippen molar-refractivity contribution in [1.29, 1.82) is 0 Å². The van der Waals surface area contributed by atoms with Crippen molar-refractivity contribution in [2.75, 3.05) is 19.7 Å². The van der Waals surface area contributed by atoms with Crippen molar-refractivity contribution in [2.24, 2.45) is 0 Å². The quantitative estimate of drug-likeness (QED) is 0.719. The first-order valence-corrected chi connectivity index (χ1v) is 8.48. The summed E-state index contributed by atoms with van der Waals surface area (Å²) in [5, 5.41) is 12.3. The summed E-state index contributed by atoms with van der Waals surface area (Å²) in [4.78, 5) is 31.8. The Labute approximate surface area is 145 Å². The summed E-state index contributed by atoms with van der Waals surface area (Å²) >= 11 is 5.96. The molecule has 1 fully saturated rings. The first-order valence-electron chi connectivity index (χ1n) is 8.10. The highest BCUT2D eigenvalue weighted by molar-refractivity contribution is 6.30. The molecule has 1 aromatic heterocycles. The molecule has 9 heteroatoms. The number of hydrogen-bond donors (Lipinski definition) is 3. The summed E-state index contributed by atoms with van der Waals surface area (Å²) in [7, 11) is 0. The second kappa shape index (κ2) is 8.34. The molecule has 1 saturated heterocycles. The molecule has 0 radical (unpaired) electrons. The number of H-pyrrole nitrogens is 1. The standard InChI is InChI=1S/C15H23ClN4O4/c1-3-7-24-11-8-20(15(22)23)6-5-10(11)18-14(21)13-17-9(4-2)12(16)19-13/h10-11H,3-8H2,1-2H3,(H,17,19)(H,18,21)(H,22,23). The second-order valence-electron chi connectivity index (χ2n) is 5.71. The average Bonchev–Trinajstić information content (AvgIpc) is 2.94. The molecule has 2 heterocycles. The van der Waals surface area contributed by atoms with Crippen LogP contribution in [0.1, 0.15) is 43.0 Å². The molecular formula is C15H23ClN4O4. The summed E-state index contributed by atoms with van der Waals surface area (Å²) < 4.78 is 5.74. The maximum atomic E-state index is 12.4. The minimum atomic E-state index is -0.977. The number of hydrogen-bond acceptors (Lipinski definition) is 4. The van der Waals surface area contributed by atoms with Gasteiger partial charge in [0.15, 0.2) is 11.0 Å². The van der Waals surface area contributed by atoms with Crippen LogP contribution in [0.4, 0.5) is 4.79 Å². The van der Waals surface area contributed by atoms with Crippen molar-refractivity contribution in [3.63, 3.8) is 0 Å². The molecule has 8 nitrogen and oxygen atoms in total. The maximum Gasteiger partial charge on any atom is 0.407 e. The molecule has 1 aliphatic heterocycles. The van der Waals surface area contributed by atoms with E-state index in [1.807, 2.05) is 13.8 Å². The molecule has 134 valence electrons. The monoisotopic (exact) mass is 358 g/mol. The summed E-state index contributed by atoms with van der Waals surface area (Å²) in [5.41, 5.74) is 0.710. The lowest BCUT2D eigenvalue weighted by atomic mass is 10.0. The summed E-state index contributed by atoms with van der Waals surface area (Å²) in [6.07, 6.45) is 0.600. The van der Waals surface area contributed by atoms with Gasteiger partial charge < -0.3 is 25.0 Å². The van der Waals surface area contributed by atoms with E-state index >= 15 is 0 Å². The maximum absolute atomic E-state index is 12.4. The lowest BCUT2D eigenvalue weighted by Crippen LogP contribution is -2.56. The van der Waals surface area contributed by atoms with Crippen molar-refractivity contribution < 1.29 is 19.4 Å². The topological polar surface area (TPSA) is 108 Å². The van der Waals surface area contributed by atoms with E-state index in [1.54, 1.807) is 0 Å². The van der Waals surface area contributed by atoms with Gasteiger partial charge in [-0.05, 0) is 19.3 Å². The van der Waals surface area contributed by atoms with E-state index in [1.165, 1.54) is 4.90 Å². The number of carbonyl (C=O) groups excluding carboxylic acids is 1. The fourth-order valence-corrected chi connectivity index (χ4v) is 2.93. The summed E-state index contributed by atoms with van der Waals surface area (Å²) in [6, 6.07) is -0.270. The number of ether oxygens (including phenoxy) is 1. The Bertz CT molecular complexity index is 592. The molecule has 3 N–H and O–H groups in total. The largest absolute Gasteiger partial charge is 0.465 e. The third-order valence-electron chi connectivity index (χ3n) is 3.98. The van der Waals surface area contributed by atoms with Gasteiger partial charge in [-0.2, -0.15) is 0 Å². The summed E-state index contributed by atoms with van der Waals surface area (Å²) in [5.74, 6) is -0.206. The molecule has 0 saturated carbocycles. The molecule has 2 atom stereocenters. The Kier molecular flexibility index (Phi) is 6.44. The molecule has 2 amide bonds. The van der Waals surface area contributed by atoms with Gasteiger partial charge in [0, 0.05) is 13.2 Å². The second-order valence-corrected chi connectivity index (χ2v) is 6.07. The highest BCUT2D eigenvalue weighted by Crippen LogP contribution is 2.17. The van der Waals surface area contributed by atoms with Gasteiger partial charge in [-0.25, -0.2) is 9.78 Å². The zero-order chi connectivity index (χ0) is 17.7. The zero-order valence-corrected chi connectivity index (χ0v) is 14.6. The van der Waals surface area contributed by atoms with Gasteiger partial charge in [0.1, 0.15) is 0 Å². The Morgan fingerprint density at radius 2 is 2.25 bits per heavy atom. The van der Waals surface area contributed by atoms with E-state index in [0.717, 1.165) is 6.42 Å². The number of aromatic nitrogens is 2. The van der Waals surface area contributed by atoms with Crippen molar-refractivity contribution >= 4 is 23.6 Å². The summed E-state index contributed by atoms with van der Waals surface area (Å²) in [6.45, 7) is 4.99. The van der Waals surface area contributed by atoms with Crippen LogP contribution in [0.2, 0.25) is 5.15 Å². The Hall–Kier alpha value is -1.80. The number of carbonyl (C=O) groups is 2. The van der Waals surface area contributed by atoms with Crippen molar-refractivity contribution in [3.05, 3.63) is 16.7 Å². The lowest BCUT2D eigenvalue weighted by molar-refractivity contribution is -0.0162. The normalized spacial score (nSPS) is 20.9. The molecule has 0 aromatic carbocycles. The molecular weight excluding hydrogens is 336 g/mol. The van der Waals surface area contributed by atoms with Gasteiger partial charge in [-0.1, -0.05) is 25.4 Å². The van der Waals surface area contributed by atoms with E-state index in [2.05, 4.69) is 15.3 Å². The third-order valence-corrected chi connectivity index (χ3v) is 4.29. The minimum absolute atomic E-state index is 0.159. The highest BCUT2D eigenvalue weighted by Gasteiger charge is 2.33. The van der Waals surface area contributed by atoms with Crippen LogP contribution in [0.15, 0.2) is 0 Å². The van der Waals surface area contributed by atoms with Gasteiger partial charge in [-0.15, -0.1) is 0 Å². The highest BCUT2D eigenvalue weighted by atomic mass is 35.5. The molecule has 2 rings (SSSR count). The molecule has 0 spiro atoms. The van der Waals surface area contributed by atoms with Crippen LogP contribution >= 0.6 is 11.6 Å². The van der Waals surface area contributed by atoms with Crippen LogP contribution in [0.25, 0.3) is 0 Å². The first kappa shape index (κ1) is 18.5. The van der Waals surface area contributed by atoms with Crippen molar-refractivity contribution in [2.45, 2.75) is 45.3 Å². The number of imidazole rings is 1. The number of carboxylic acid groups (broad SMARTS) is 1. The number of likely N-dealkylation sites (tertiary alicyclic amines) is 1. The number of aromatic amines is 1. The van der Waals surface area contributed by atoms with E-state index < -0.39 is 6.09 Å². The Morgan fingerprint density at radius 3 is 2.83 bits per heavy atom. The van der Waals surface area contributed by atoms with E-state index in [0.29, 0.717) is 36.8 Å². The number of halogens is 1. The number of amides is 2. The van der Waals surface area contributed by atoms with E-state index in [9.17, 15) is 9.59 Å². The zero-order valence-electron chi connectivity index (χ0n) is 13.8. The van der Waals surface area contributed by atoms with E-state index in [4.69, 9.17) is 21.4 Å². The van der Waals surface area contributed by atoms with E-state index in [-0.39, 0.29) is 30.4 Å². The molecule has 0 bridgehead atoms. The van der Waals surface area contributed by atoms with Gasteiger partial charge in [0.25, 0.3) is 5.91 Å². The van der Waals surface area contributed by atoms with Gasteiger partial charge in [0.05, 0.1) is 24.4 Å². The number of piperidine rings is 1. The van der Waals surface area contributed by atoms with Gasteiger partial charge >= 0.3 is 6.09 Å². The predicted molar refractivity (Wildman–Crippen MR) is 88.5 cm³/mol. The molecule has 24 heavy (non-hydrogen) atoms. The minimum Gasteiger partial charge on any atom is -0.465 e. The smallest absolute Gasteiger partial charge is 0.407 e. The van der Waals surface area contributed by atoms with Crippen molar-refractivity contribution in [1.82, 2.24) is 20.2 Å². The van der Waals surface area contributed by atoms with Gasteiger partial charge in [-0.3, -0.25) is 4.79 Å². The fourth-order valence-electron chi connectivity index (χ4n) is 2.66. The van der Waals surface area contributed by atoms with Crippen LogP contribution in [-0.4, -0.2) is 63.8 Å². The molecule has 1 aliphatic rings. The van der Waals surface area contributed by atoms with Crippen LogP contribution < -0.4 is 5.32 Å². The van der Waals surface area contributed by atoms with Crippen LogP contribution in [0.5, 0.6) is 0 Å². The number of aryl methyl sites for hydroxylation is 1. The van der Waals surface area contributed by atoms with Crippen molar-refractivity contribution in [3.8, 4) is 0 Å². The number of rotatable bonds is 6. The lowest BCUT2D eigenvalue weighted by Gasteiger charge is -2.37.